The Morgan fingerprint density at radius 2 is 1.88 bits per heavy atom. The van der Waals surface area contributed by atoms with Gasteiger partial charge in [0.2, 0.25) is 0 Å². The molecule has 94 valence electrons. The van der Waals surface area contributed by atoms with Crippen LogP contribution < -0.4 is 0 Å². The average Bonchev–Trinajstić information content (AvgIpc) is 2.29. The zero-order chi connectivity index (χ0) is 12.5. The first kappa shape index (κ1) is 12.8. The SMILES string of the molecule is CC1CCC(C(C)(C)c2cncnc2)C(Cl)C1. The highest BCUT2D eigenvalue weighted by Crippen LogP contribution is 2.44. The van der Waals surface area contributed by atoms with E-state index in [9.17, 15) is 0 Å². The van der Waals surface area contributed by atoms with Crippen molar-refractivity contribution in [1.82, 2.24) is 9.97 Å². The predicted molar refractivity (Wildman–Crippen MR) is 71.2 cm³/mol. The molecule has 17 heavy (non-hydrogen) atoms. The zero-order valence-electron chi connectivity index (χ0n) is 10.9. The molecular formula is C14H21ClN2. The molecule has 0 aromatic carbocycles. The van der Waals surface area contributed by atoms with Crippen LogP contribution in [-0.2, 0) is 5.41 Å². The van der Waals surface area contributed by atoms with Gasteiger partial charge < -0.3 is 0 Å². The molecule has 3 heteroatoms. The van der Waals surface area contributed by atoms with Crippen molar-refractivity contribution < 1.29 is 0 Å². The minimum absolute atomic E-state index is 0.0633. The van der Waals surface area contributed by atoms with Gasteiger partial charge in [0.05, 0.1) is 0 Å². The molecule has 0 spiro atoms. The lowest BCUT2D eigenvalue weighted by molar-refractivity contribution is 0.207. The van der Waals surface area contributed by atoms with Crippen LogP contribution in [0.3, 0.4) is 0 Å². The van der Waals surface area contributed by atoms with Crippen LogP contribution in [0.15, 0.2) is 18.7 Å². The summed E-state index contributed by atoms with van der Waals surface area (Å²) in [5.41, 5.74) is 1.26. The average molecular weight is 253 g/mol. The third kappa shape index (κ3) is 2.62. The van der Waals surface area contributed by atoms with E-state index in [0.717, 1.165) is 12.3 Å². The first-order valence-corrected chi connectivity index (χ1v) is 6.85. The molecular weight excluding hydrogens is 232 g/mol. The van der Waals surface area contributed by atoms with Gasteiger partial charge in [0.25, 0.3) is 0 Å². The Labute approximate surface area is 109 Å². The van der Waals surface area contributed by atoms with Gasteiger partial charge in [-0.05, 0) is 35.7 Å². The molecule has 1 heterocycles. The van der Waals surface area contributed by atoms with E-state index in [4.69, 9.17) is 11.6 Å². The molecule has 0 saturated heterocycles. The van der Waals surface area contributed by atoms with Crippen molar-refractivity contribution in [2.45, 2.75) is 50.8 Å². The van der Waals surface area contributed by atoms with Gasteiger partial charge in [-0.15, -0.1) is 11.6 Å². The van der Waals surface area contributed by atoms with Gasteiger partial charge in [-0.25, -0.2) is 9.97 Å². The summed E-state index contributed by atoms with van der Waals surface area (Å²) >= 11 is 6.57. The number of rotatable bonds is 2. The third-order valence-electron chi connectivity index (χ3n) is 4.27. The van der Waals surface area contributed by atoms with Crippen molar-refractivity contribution in [1.29, 1.82) is 0 Å². The highest BCUT2D eigenvalue weighted by atomic mass is 35.5. The lowest BCUT2D eigenvalue weighted by Crippen LogP contribution is -2.38. The van der Waals surface area contributed by atoms with Crippen molar-refractivity contribution in [2.75, 3.05) is 0 Å². The molecule has 3 unspecified atom stereocenters. The molecule has 1 aliphatic carbocycles. The molecule has 3 atom stereocenters. The predicted octanol–water partition coefficient (Wildman–Crippen LogP) is 3.80. The molecule has 1 aliphatic rings. The molecule has 1 saturated carbocycles. The number of aromatic nitrogens is 2. The van der Waals surface area contributed by atoms with Gasteiger partial charge in [-0.2, -0.15) is 0 Å². The van der Waals surface area contributed by atoms with Crippen LogP contribution in [0.1, 0.15) is 45.6 Å². The third-order valence-corrected chi connectivity index (χ3v) is 4.75. The summed E-state index contributed by atoms with van der Waals surface area (Å²) in [6.07, 6.45) is 9.05. The summed E-state index contributed by atoms with van der Waals surface area (Å²) < 4.78 is 0. The Kier molecular flexibility index (Phi) is 3.72. The molecule has 1 aromatic rings. The Morgan fingerprint density at radius 1 is 1.24 bits per heavy atom. The van der Waals surface area contributed by atoms with Crippen molar-refractivity contribution >= 4 is 11.6 Å². The number of halogens is 1. The van der Waals surface area contributed by atoms with Crippen molar-refractivity contribution in [3.63, 3.8) is 0 Å². The number of hydrogen-bond acceptors (Lipinski definition) is 2. The Hall–Kier alpha value is -0.630. The molecule has 0 bridgehead atoms. The quantitative estimate of drug-likeness (QED) is 0.749. The summed E-state index contributed by atoms with van der Waals surface area (Å²) in [4.78, 5) is 8.26. The van der Waals surface area contributed by atoms with Crippen LogP contribution in [0.2, 0.25) is 0 Å². The highest BCUT2D eigenvalue weighted by molar-refractivity contribution is 6.20. The van der Waals surface area contributed by atoms with Gasteiger partial charge in [-0.1, -0.05) is 27.2 Å². The molecule has 0 N–H and O–H groups in total. The zero-order valence-corrected chi connectivity index (χ0v) is 11.6. The lowest BCUT2D eigenvalue weighted by atomic mass is 9.66. The summed E-state index contributed by atoms with van der Waals surface area (Å²) in [6, 6.07) is 0. The van der Waals surface area contributed by atoms with Crippen molar-refractivity contribution in [3.05, 3.63) is 24.3 Å². The number of nitrogens with zero attached hydrogens (tertiary/aromatic N) is 2. The first-order chi connectivity index (χ1) is 8.01. The largest absolute Gasteiger partial charge is 0.245 e. The second kappa shape index (κ2) is 4.93. The summed E-state index contributed by atoms with van der Waals surface area (Å²) in [5, 5.41) is 0.272. The normalized spacial score (nSPS) is 30.2. The molecule has 0 amide bonds. The van der Waals surface area contributed by atoms with E-state index in [2.05, 4.69) is 30.7 Å². The maximum atomic E-state index is 6.57. The smallest absolute Gasteiger partial charge is 0.115 e. The van der Waals surface area contributed by atoms with Crippen LogP contribution >= 0.6 is 11.6 Å². The number of hydrogen-bond donors (Lipinski definition) is 0. The van der Waals surface area contributed by atoms with E-state index in [1.165, 1.54) is 18.4 Å². The van der Waals surface area contributed by atoms with Crippen LogP contribution in [0, 0.1) is 11.8 Å². The van der Waals surface area contributed by atoms with Crippen LogP contribution in [0.5, 0.6) is 0 Å². The summed E-state index contributed by atoms with van der Waals surface area (Å²) in [7, 11) is 0. The number of alkyl halides is 1. The molecule has 2 nitrogen and oxygen atoms in total. The monoisotopic (exact) mass is 252 g/mol. The Balaban J connectivity index is 2.21. The van der Waals surface area contributed by atoms with Gasteiger partial charge in [0.1, 0.15) is 6.33 Å². The van der Waals surface area contributed by atoms with Gasteiger partial charge in [0, 0.05) is 17.8 Å². The molecule has 1 aromatic heterocycles. The summed E-state index contributed by atoms with van der Waals surface area (Å²) in [5.74, 6) is 1.28. The maximum Gasteiger partial charge on any atom is 0.115 e. The minimum Gasteiger partial charge on any atom is -0.245 e. The fourth-order valence-corrected chi connectivity index (χ4v) is 3.72. The van der Waals surface area contributed by atoms with Crippen LogP contribution in [-0.4, -0.2) is 15.3 Å². The van der Waals surface area contributed by atoms with Crippen molar-refractivity contribution in [3.8, 4) is 0 Å². The fraction of sp³-hybridized carbons (Fsp3) is 0.714. The standard InChI is InChI=1S/C14H21ClN2/c1-10-4-5-12(13(15)6-10)14(2,3)11-7-16-9-17-8-11/h7-10,12-13H,4-6H2,1-3H3. The fourth-order valence-electron chi connectivity index (χ4n) is 2.97. The van der Waals surface area contributed by atoms with Gasteiger partial charge in [0.15, 0.2) is 0 Å². The Bertz CT molecular complexity index is 364. The van der Waals surface area contributed by atoms with E-state index in [1.54, 1.807) is 6.33 Å². The Morgan fingerprint density at radius 3 is 2.47 bits per heavy atom. The van der Waals surface area contributed by atoms with E-state index >= 15 is 0 Å². The first-order valence-electron chi connectivity index (χ1n) is 6.41. The van der Waals surface area contributed by atoms with Gasteiger partial charge >= 0.3 is 0 Å². The van der Waals surface area contributed by atoms with Crippen molar-refractivity contribution in [2.24, 2.45) is 11.8 Å². The van der Waals surface area contributed by atoms with E-state index in [0.29, 0.717) is 5.92 Å². The van der Waals surface area contributed by atoms with Crippen LogP contribution in [0.25, 0.3) is 0 Å². The molecule has 2 rings (SSSR count). The minimum atomic E-state index is 0.0633. The topological polar surface area (TPSA) is 25.8 Å². The second-order valence-corrected chi connectivity index (χ2v) is 6.45. The van der Waals surface area contributed by atoms with E-state index in [-0.39, 0.29) is 10.8 Å². The van der Waals surface area contributed by atoms with E-state index < -0.39 is 0 Å². The molecule has 0 radical (unpaired) electrons. The van der Waals surface area contributed by atoms with Gasteiger partial charge in [-0.3, -0.25) is 0 Å². The highest BCUT2D eigenvalue weighted by Gasteiger charge is 2.39. The molecule has 0 aliphatic heterocycles. The second-order valence-electron chi connectivity index (χ2n) is 5.89. The van der Waals surface area contributed by atoms with E-state index in [1.807, 2.05) is 12.4 Å². The molecule has 1 fully saturated rings. The lowest BCUT2D eigenvalue weighted by Gasteiger charge is -2.41. The maximum absolute atomic E-state index is 6.57. The van der Waals surface area contributed by atoms with Crippen LogP contribution in [0.4, 0.5) is 0 Å². The summed E-state index contributed by atoms with van der Waals surface area (Å²) in [6.45, 7) is 6.83.